The minimum Gasteiger partial charge on any atom is -0.468 e. The molecule has 1 aromatic carbocycles. The maximum Gasteiger partial charge on any atom is 0.327 e. The Hall–Kier alpha value is -1.90. The van der Waals surface area contributed by atoms with Crippen molar-refractivity contribution in [2.24, 2.45) is 0 Å². The van der Waals surface area contributed by atoms with Crippen LogP contribution in [0.1, 0.15) is 11.6 Å². The van der Waals surface area contributed by atoms with E-state index < -0.39 is 12.0 Å². The Morgan fingerprint density at radius 1 is 1.55 bits per heavy atom. The number of benzene rings is 1. The van der Waals surface area contributed by atoms with Gasteiger partial charge in [0.05, 0.1) is 19.2 Å². The first kappa shape index (κ1) is 14.5. The Bertz CT molecular complexity index is 679. The normalized spacial score (nSPS) is 11.8. The third-order valence-electron chi connectivity index (χ3n) is 2.90. The summed E-state index contributed by atoms with van der Waals surface area (Å²) >= 11 is 3.48. The molecular formula is C15H13BrN2O2. The standard InChI is InChI=1S/C15H13BrN2O2/c1-3-8-17-14(15(19)20-2)11-6-7-12(16)10-5-4-9-18-13(10)11/h1,4-7,9,14,17H,8H2,2H3. The fourth-order valence-corrected chi connectivity index (χ4v) is 2.44. The van der Waals surface area contributed by atoms with Crippen molar-refractivity contribution in [3.05, 3.63) is 40.5 Å². The van der Waals surface area contributed by atoms with E-state index in [0.29, 0.717) is 0 Å². The molecule has 1 N–H and O–H groups in total. The van der Waals surface area contributed by atoms with Gasteiger partial charge in [-0.1, -0.05) is 34.0 Å². The summed E-state index contributed by atoms with van der Waals surface area (Å²) in [5.74, 6) is 2.06. The van der Waals surface area contributed by atoms with Gasteiger partial charge in [0.25, 0.3) is 0 Å². The number of nitrogens with zero attached hydrogens (tertiary/aromatic N) is 1. The Balaban J connectivity index is 2.56. The lowest BCUT2D eigenvalue weighted by Gasteiger charge is -2.17. The van der Waals surface area contributed by atoms with Crippen molar-refractivity contribution in [2.45, 2.75) is 6.04 Å². The fraction of sp³-hybridized carbons (Fsp3) is 0.200. The second-order valence-electron chi connectivity index (χ2n) is 4.08. The van der Waals surface area contributed by atoms with E-state index in [2.05, 4.69) is 32.2 Å². The van der Waals surface area contributed by atoms with Crippen molar-refractivity contribution in [3.63, 3.8) is 0 Å². The zero-order valence-electron chi connectivity index (χ0n) is 10.9. The van der Waals surface area contributed by atoms with E-state index in [4.69, 9.17) is 11.2 Å². The molecule has 0 saturated carbocycles. The lowest BCUT2D eigenvalue weighted by Crippen LogP contribution is -2.30. The van der Waals surface area contributed by atoms with Crippen molar-refractivity contribution in [1.29, 1.82) is 0 Å². The van der Waals surface area contributed by atoms with Gasteiger partial charge in [0.2, 0.25) is 0 Å². The summed E-state index contributed by atoms with van der Waals surface area (Å²) in [6, 6.07) is 6.86. The second-order valence-corrected chi connectivity index (χ2v) is 4.93. The molecule has 0 aliphatic carbocycles. The number of ether oxygens (including phenoxy) is 1. The van der Waals surface area contributed by atoms with Crippen LogP contribution >= 0.6 is 15.9 Å². The number of hydrogen-bond donors (Lipinski definition) is 1. The zero-order valence-corrected chi connectivity index (χ0v) is 12.5. The molecular weight excluding hydrogens is 320 g/mol. The van der Waals surface area contributed by atoms with Gasteiger partial charge in [0.15, 0.2) is 0 Å². The zero-order chi connectivity index (χ0) is 14.5. The number of terminal acetylenes is 1. The number of nitrogens with one attached hydrogen (secondary N) is 1. The van der Waals surface area contributed by atoms with Gasteiger partial charge in [-0.2, -0.15) is 0 Å². The molecule has 0 aliphatic rings. The molecule has 1 aromatic heterocycles. The number of rotatable bonds is 4. The predicted molar refractivity (Wildman–Crippen MR) is 81.0 cm³/mol. The summed E-state index contributed by atoms with van der Waals surface area (Å²) in [6.07, 6.45) is 6.93. The van der Waals surface area contributed by atoms with Crippen LogP contribution in [0, 0.1) is 12.3 Å². The molecule has 0 aliphatic heterocycles. The smallest absolute Gasteiger partial charge is 0.327 e. The van der Waals surface area contributed by atoms with E-state index in [1.54, 1.807) is 6.20 Å². The van der Waals surface area contributed by atoms with Gasteiger partial charge in [0.1, 0.15) is 6.04 Å². The van der Waals surface area contributed by atoms with Crippen molar-refractivity contribution in [2.75, 3.05) is 13.7 Å². The van der Waals surface area contributed by atoms with Gasteiger partial charge in [-0.3, -0.25) is 10.3 Å². The van der Waals surface area contributed by atoms with Gasteiger partial charge in [0, 0.05) is 21.6 Å². The lowest BCUT2D eigenvalue weighted by atomic mass is 10.0. The molecule has 1 atom stereocenters. The Morgan fingerprint density at radius 3 is 3.05 bits per heavy atom. The van der Waals surface area contributed by atoms with Crippen LogP contribution in [0.2, 0.25) is 0 Å². The third-order valence-corrected chi connectivity index (χ3v) is 3.60. The third kappa shape index (κ3) is 2.82. The molecule has 20 heavy (non-hydrogen) atoms. The van der Waals surface area contributed by atoms with Gasteiger partial charge in [-0.25, -0.2) is 4.79 Å². The first-order valence-corrected chi connectivity index (χ1v) is 6.76. The van der Waals surface area contributed by atoms with E-state index in [1.165, 1.54) is 7.11 Å². The first-order valence-electron chi connectivity index (χ1n) is 5.97. The monoisotopic (exact) mass is 332 g/mol. The number of methoxy groups -OCH3 is 1. The topological polar surface area (TPSA) is 51.2 Å². The molecule has 0 bridgehead atoms. The molecule has 0 fully saturated rings. The first-order chi connectivity index (χ1) is 9.69. The number of carbonyl (C=O) groups excluding carboxylic acids is 1. The van der Waals surface area contributed by atoms with E-state index in [1.807, 2.05) is 24.3 Å². The highest BCUT2D eigenvalue weighted by molar-refractivity contribution is 9.10. The molecule has 4 nitrogen and oxygen atoms in total. The number of aromatic nitrogens is 1. The van der Waals surface area contributed by atoms with Crippen molar-refractivity contribution in [1.82, 2.24) is 10.3 Å². The average Bonchev–Trinajstić information content (AvgIpc) is 2.49. The van der Waals surface area contributed by atoms with E-state index in [0.717, 1.165) is 20.9 Å². The molecule has 0 amide bonds. The summed E-state index contributed by atoms with van der Waals surface area (Å²) < 4.78 is 5.75. The number of fused-ring (bicyclic) bond motifs is 1. The van der Waals surface area contributed by atoms with Crippen LogP contribution in [0.4, 0.5) is 0 Å². The highest BCUT2D eigenvalue weighted by Crippen LogP contribution is 2.29. The van der Waals surface area contributed by atoms with Crippen LogP contribution in [0.5, 0.6) is 0 Å². The maximum atomic E-state index is 12.0. The molecule has 0 spiro atoms. The number of hydrogen-bond acceptors (Lipinski definition) is 4. The number of halogens is 1. The van der Waals surface area contributed by atoms with Gasteiger partial charge in [-0.15, -0.1) is 6.42 Å². The molecule has 0 saturated heterocycles. The molecule has 0 radical (unpaired) electrons. The van der Waals surface area contributed by atoms with Crippen molar-refractivity contribution in [3.8, 4) is 12.3 Å². The second kappa shape index (κ2) is 6.51. The largest absolute Gasteiger partial charge is 0.468 e. The summed E-state index contributed by atoms with van der Waals surface area (Å²) in [7, 11) is 1.35. The van der Waals surface area contributed by atoms with Crippen LogP contribution in [-0.2, 0) is 9.53 Å². The van der Waals surface area contributed by atoms with Gasteiger partial charge >= 0.3 is 5.97 Å². The summed E-state index contributed by atoms with van der Waals surface area (Å²) in [6.45, 7) is 0.268. The molecule has 2 aromatic rings. The SMILES string of the molecule is C#CCNC(C(=O)OC)c1ccc(Br)c2cccnc12. The molecule has 1 heterocycles. The average molecular weight is 333 g/mol. The Morgan fingerprint density at radius 2 is 2.35 bits per heavy atom. The van der Waals surface area contributed by atoms with E-state index in [-0.39, 0.29) is 6.54 Å². The van der Waals surface area contributed by atoms with Gasteiger partial charge in [-0.05, 0) is 12.1 Å². The highest BCUT2D eigenvalue weighted by Gasteiger charge is 2.23. The predicted octanol–water partition coefficient (Wildman–Crippen LogP) is 2.43. The van der Waals surface area contributed by atoms with Crippen molar-refractivity contribution >= 4 is 32.8 Å². The number of esters is 1. The Kier molecular flexibility index (Phi) is 4.72. The molecule has 2 rings (SSSR count). The molecule has 102 valence electrons. The van der Waals surface area contributed by atoms with Gasteiger partial charge < -0.3 is 4.74 Å². The lowest BCUT2D eigenvalue weighted by molar-refractivity contribution is -0.143. The summed E-state index contributed by atoms with van der Waals surface area (Å²) in [4.78, 5) is 16.3. The maximum absolute atomic E-state index is 12.0. The highest BCUT2D eigenvalue weighted by atomic mass is 79.9. The van der Waals surface area contributed by atoms with E-state index >= 15 is 0 Å². The molecule has 1 unspecified atom stereocenters. The van der Waals surface area contributed by atoms with Crippen LogP contribution in [0.25, 0.3) is 10.9 Å². The minimum atomic E-state index is -0.637. The number of carbonyl (C=O) groups is 1. The van der Waals surface area contributed by atoms with Crippen LogP contribution < -0.4 is 5.32 Å². The number of pyridine rings is 1. The fourth-order valence-electron chi connectivity index (χ4n) is 1.99. The van der Waals surface area contributed by atoms with Crippen molar-refractivity contribution < 1.29 is 9.53 Å². The van der Waals surface area contributed by atoms with Crippen LogP contribution in [0.3, 0.4) is 0 Å². The van der Waals surface area contributed by atoms with E-state index in [9.17, 15) is 4.79 Å². The minimum absolute atomic E-state index is 0.268. The Labute approximate surface area is 125 Å². The molecule has 5 heteroatoms. The summed E-state index contributed by atoms with van der Waals surface area (Å²) in [5, 5.41) is 3.91. The quantitative estimate of drug-likeness (QED) is 0.690. The van der Waals surface area contributed by atoms with Crippen LogP contribution in [-0.4, -0.2) is 24.6 Å². The summed E-state index contributed by atoms with van der Waals surface area (Å²) in [5.41, 5.74) is 1.48. The van der Waals surface area contributed by atoms with Crippen LogP contribution in [0.15, 0.2) is 34.9 Å².